The van der Waals surface area contributed by atoms with Crippen molar-refractivity contribution in [1.29, 1.82) is 0 Å². The van der Waals surface area contributed by atoms with Crippen LogP contribution in [0.3, 0.4) is 0 Å². The number of nitro groups is 1. The molecule has 0 fully saturated rings. The molecule has 5 nitrogen and oxygen atoms in total. The van der Waals surface area contributed by atoms with E-state index in [0.717, 1.165) is 5.46 Å². The van der Waals surface area contributed by atoms with Gasteiger partial charge in [0.25, 0.3) is 11.2 Å². The Morgan fingerprint density at radius 2 is 2.12 bits per heavy atom. The maximum absolute atomic E-state index is 11.8. The number of fused-ring (bicyclic) bond motifs is 1. The summed E-state index contributed by atoms with van der Waals surface area (Å²) in [6.07, 6.45) is 1.61. The Bertz CT molecular complexity index is 648. The molecule has 0 N–H and O–H groups in total. The first kappa shape index (κ1) is 10.4. The number of non-ortho nitro benzene ring substituents is 1. The first-order valence-corrected chi connectivity index (χ1v) is 4.75. The van der Waals surface area contributed by atoms with Gasteiger partial charge in [-0.15, -0.1) is 0 Å². The summed E-state index contributed by atoms with van der Waals surface area (Å²) in [5, 5.41) is 11.7. The van der Waals surface area contributed by atoms with Gasteiger partial charge in [-0.2, -0.15) is 0 Å². The SMILES string of the molecule is Bc1cn(C)c(=O)c2cccc([N+](=O)[O-])c12. The van der Waals surface area contributed by atoms with Crippen LogP contribution in [0.4, 0.5) is 5.69 Å². The zero-order chi connectivity index (χ0) is 11.9. The monoisotopic (exact) mass is 216 g/mol. The second-order valence-corrected chi connectivity index (χ2v) is 3.68. The predicted octanol–water partition coefficient (Wildman–Crippen LogP) is -0.295. The van der Waals surface area contributed by atoms with E-state index in [1.54, 1.807) is 27.2 Å². The van der Waals surface area contributed by atoms with Crippen molar-refractivity contribution in [3.05, 3.63) is 44.9 Å². The van der Waals surface area contributed by atoms with E-state index < -0.39 is 4.92 Å². The molecule has 0 bridgehead atoms. The Hall–Kier alpha value is -2.11. The number of nitro benzene ring substituents is 1. The number of hydrogen-bond acceptors (Lipinski definition) is 3. The molecule has 0 amide bonds. The minimum absolute atomic E-state index is 0.0206. The molecule has 0 spiro atoms. The fourth-order valence-corrected chi connectivity index (χ4v) is 1.89. The van der Waals surface area contributed by atoms with Crippen LogP contribution in [-0.2, 0) is 7.05 Å². The van der Waals surface area contributed by atoms with Crippen LogP contribution in [0.25, 0.3) is 10.8 Å². The Morgan fingerprint density at radius 3 is 2.75 bits per heavy atom. The lowest BCUT2D eigenvalue weighted by atomic mass is 9.91. The van der Waals surface area contributed by atoms with E-state index in [4.69, 9.17) is 0 Å². The third-order valence-corrected chi connectivity index (χ3v) is 2.57. The van der Waals surface area contributed by atoms with Crippen LogP contribution in [0.1, 0.15) is 0 Å². The maximum Gasteiger partial charge on any atom is 0.276 e. The molecular formula is C10H9BN2O3. The number of pyridine rings is 1. The van der Waals surface area contributed by atoms with Crippen molar-refractivity contribution in [2.24, 2.45) is 7.05 Å². The Morgan fingerprint density at radius 1 is 1.44 bits per heavy atom. The van der Waals surface area contributed by atoms with E-state index in [1.165, 1.54) is 16.7 Å². The van der Waals surface area contributed by atoms with E-state index in [-0.39, 0.29) is 11.2 Å². The summed E-state index contributed by atoms with van der Waals surface area (Å²) in [5.41, 5.74) is 0.487. The molecular weight excluding hydrogens is 207 g/mol. The molecule has 0 radical (unpaired) electrons. The molecule has 0 aliphatic heterocycles. The molecule has 0 saturated carbocycles. The standard InChI is InChI=1S/C10H9BN2O3/c1-12-5-7(11)9-6(10(12)14)3-2-4-8(9)13(15)16/h2-5H,11H2,1H3. The second kappa shape index (κ2) is 3.48. The molecule has 80 valence electrons. The van der Waals surface area contributed by atoms with Crippen LogP contribution in [0.2, 0.25) is 0 Å². The van der Waals surface area contributed by atoms with Gasteiger partial charge in [0.1, 0.15) is 7.85 Å². The van der Waals surface area contributed by atoms with Crippen molar-refractivity contribution < 1.29 is 4.92 Å². The Balaban J connectivity index is 3.05. The fourth-order valence-electron chi connectivity index (χ4n) is 1.89. The molecule has 1 heterocycles. The summed E-state index contributed by atoms with van der Waals surface area (Å²) >= 11 is 0. The number of benzene rings is 1. The summed E-state index contributed by atoms with van der Waals surface area (Å²) in [6, 6.07) is 4.55. The van der Waals surface area contributed by atoms with Crippen LogP contribution in [0, 0.1) is 10.1 Å². The van der Waals surface area contributed by atoms with E-state index in [0.29, 0.717) is 10.8 Å². The quantitative estimate of drug-likeness (QED) is 0.373. The highest BCUT2D eigenvalue weighted by molar-refractivity contribution is 6.39. The van der Waals surface area contributed by atoms with E-state index in [9.17, 15) is 14.9 Å². The molecule has 1 aromatic carbocycles. The molecule has 0 aliphatic rings. The van der Waals surface area contributed by atoms with Gasteiger partial charge >= 0.3 is 0 Å². The Labute approximate surface area is 91.9 Å². The zero-order valence-corrected chi connectivity index (χ0v) is 8.93. The summed E-state index contributed by atoms with van der Waals surface area (Å²) in [5.74, 6) is 0. The van der Waals surface area contributed by atoms with Gasteiger partial charge in [-0.3, -0.25) is 14.9 Å². The first-order valence-electron chi connectivity index (χ1n) is 4.75. The molecule has 0 aliphatic carbocycles. The Kier molecular flexibility index (Phi) is 2.27. The number of nitrogens with zero attached hydrogens (tertiary/aromatic N) is 2. The van der Waals surface area contributed by atoms with Crippen molar-refractivity contribution in [3.8, 4) is 0 Å². The van der Waals surface area contributed by atoms with Gasteiger partial charge in [0.05, 0.1) is 15.7 Å². The third kappa shape index (κ3) is 1.39. The lowest BCUT2D eigenvalue weighted by Gasteiger charge is -2.05. The number of rotatable bonds is 1. The van der Waals surface area contributed by atoms with Gasteiger partial charge in [-0.25, -0.2) is 0 Å². The third-order valence-electron chi connectivity index (χ3n) is 2.57. The van der Waals surface area contributed by atoms with Crippen molar-refractivity contribution >= 4 is 29.8 Å². The molecule has 2 aromatic rings. The molecule has 0 atom stereocenters. The lowest BCUT2D eigenvalue weighted by molar-refractivity contribution is -0.383. The van der Waals surface area contributed by atoms with Gasteiger partial charge in [-0.1, -0.05) is 11.5 Å². The average Bonchev–Trinajstić information content (AvgIpc) is 2.25. The number of aryl methyl sites for hydroxylation is 1. The first-order chi connectivity index (χ1) is 7.52. The van der Waals surface area contributed by atoms with Crippen LogP contribution < -0.4 is 11.0 Å². The van der Waals surface area contributed by atoms with Crippen LogP contribution in [0.5, 0.6) is 0 Å². The summed E-state index contributed by atoms with van der Waals surface area (Å²) < 4.78 is 1.43. The highest BCUT2D eigenvalue weighted by Gasteiger charge is 2.15. The van der Waals surface area contributed by atoms with E-state index in [1.807, 2.05) is 0 Å². The molecule has 2 rings (SSSR count). The highest BCUT2D eigenvalue weighted by atomic mass is 16.6. The maximum atomic E-state index is 11.8. The predicted molar refractivity (Wildman–Crippen MR) is 64.0 cm³/mol. The normalized spacial score (nSPS) is 10.6. The molecule has 0 saturated heterocycles. The van der Waals surface area contributed by atoms with Crippen LogP contribution in [-0.4, -0.2) is 17.3 Å². The van der Waals surface area contributed by atoms with Crippen molar-refractivity contribution in [3.63, 3.8) is 0 Å². The lowest BCUT2D eigenvalue weighted by Crippen LogP contribution is -2.23. The molecule has 0 unspecified atom stereocenters. The minimum atomic E-state index is -0.464. The van der Waals surface area contributed by atoms with Gasteiger partial charge in [0.2, 0.25) is 0 Å². The largest absolute Gasteiger partial charge is 0.319 e. The number of aromatic nitrogens is 1. The van der Waals surface area contributed by atoms with Gasteiger partial charge in [0.15, 0.2) is 0 Å². The van der Waals surface area contributed by atoms with E-state index in [2.05, 4.69) is 0 Å². The molecule has 1 aromatic heterocycles. The fraction of sp³-hybridized carbons (Fsp3) is 0.100. The van der Waals surface area contributed by atoms with Gasteiger partial charge in [-0.05, 0) is 6.07 Å². The summed E-state index contributed by atoms with van der Waals surface area (Å²) in [6.45, 7) is 0. The van der Waals surface area contributed by atoms with Crippen molar-refractivity contribution in [2.75, 3.05) is 0 Å². The molecule has 16 heavy (non-hydrogen) atoms. The summed E-state index contributed by atoms with van der Waals surface area (Å²) in [7, 11) is 3.39. The van der Waals surface area contributed by atoms with Crippen LogP contribution in [0.15, 0.2) is 29.2 Å². The van der Waals surface area contributed by atoms with Crippen LogP contribution >= 0.6 is 0 Å². The smallest absolute Gasteiger partial charge is 0.276 e. The van der Waals surface area contributed by atoms with Gasteiger partial charge in [0, 0.05) is 19.3 Å². The van der Waals surface area contributed by atoms with Crippen molar-refractivity contribution in [1.82, 2.24) is 4.57 Å². The van der Waals surface area contributed by atoms with Gasteiger partial charge < -0.3 is 4.57 Å². The second-order valence-electron chi connectivity index (χ2n) is 3.68. The zero-order valence-electron chi connectivity index (χ0n) is 8.93. The highest BCUT2D eigenvalue weighted by Crippen LogP contribution is 2.20. The topological polar surface area (TPSA) is 65.1 Å². The van der Waals surface area contributed by atoms with Crippen molar-refractivity contribution in [2.45, 2.75) is 0 Å². The average molecular weight is 216 g/mol. The van der Waals surface area contributed by atoms with E-state index >= 15 is 0 Å². The minimum Gasteiger partial charge on any atom is -0.319 e. The number of hydrogen-bond donors (Lipinski definition) is 0. The summed E-state index contributed by atoms with van der Waals surface area (Å²) in [4.78, 5) is 22.2. The molecule has 6 heteroatoms.